The molecule has 6 heteroatoms. The van der Waals surface area contributed by atoms with E-state index in [0.29, 0.717) is 28.1 Å². The van der Waals surface area contributed by atoms with Crippen molar-refractivity contribution >= 4 is 28.9 Å². The van der Waals surface area contributed by atoms with Gasteiger partial charge in [0.2, 0.25) is 5.75 Å². The average molecular weight is 328 g/mol. The van der Waals surface area contributed by atoms with Gasteiger partial charge < -0.3 is 19.9 Å². The number of hydrogen-bond donors (Lipinski definition) is 2. The molecule has 0 atom stereocenters. The first-order valence-electron chi connectivity index (χ1n) is 6.17. The van der Waals surface area contributed by atoms with Crippen LogP contribution < -0.4 is 14.8 Å². The minimum atomic E-state index is -0.0189. The molecule has 0 bridgehead atoms. The van der Waals surface area contributed by atoms with E-state index in [1.807, 2.05) is 0 Å². The fourth-order valence-electron chi connectivity index (χ4n) is 1.91. The molecule has 0 aromatic heterocycles. The number of hydrogen-bond acceptors (Lipinski definition) is 4. The maximum Gasteiger partial charge on any atom is 0.200 e. The molecule has 0 heterocycles. The summed E-state index contributed by atoms with van der Waals surface area (Å²) < 4.78 is 10.2. The van der Waals surface area contributed by atoms with E-state index in [4.69, 9.17) is 32.7 Å². The van der Waals surface area contributed by atoms with Crippen LogP contribution in [0.4, 0.5) is 5.69 Å². The minimum Gasteiger partial charge on any atom is -0.502 e. The Bertz CT molecular complexity index is 602. The van der Waals surface area contributed by atoms with Gasteiger partial charge in [-0.1, -0.05) is 23.2 Å². The van der Waals surface area contributed by atoms with Gasteiger partial charge in [0.25, 0.3) is 0 Å². The van der Waals surface area contributed by atoms with Crippen molar-refractivity contribution < 1.29 is 14.6 Å². The SMILES string of the molecule is COc1cc(CNc2cc(Cl)cc(Cl)c2)cc(OC)c1O. The zero-order valence-electron chi connectivity index (χ0n) is 11.6. The molecule has 0 aliphatic heterocycles. The zero-order valence-corrected chi connectivity index (χ0v) is 13.1. The van der Waals surface area contributed by atoms with Crippen LogP contribution >= 0.6 is 23.2 Å². The molecule has 0 saturated heterocycles. The number of phenolic OH excluding ortho intramolecular Hbond substituents is 1. The van der Waals surface area contributed by atoms with Gasteiger partial charge in [0.15, 0.2) is 11.5 Å². The van der Waals surface area contributed by atoms with Crippen LogP contribution in [0.2, 0.25) is 10.0 Å². The third-order valence-corrected chi connectivity index (χ3v) is 3.34. The molecular weight excluding hydrogens is 313 g/mol. The van der Waals surface area contributed by atoms with Crippen LogP contribution in [-0.4, -0.2) is 19.3 Å². The van der Waals surface area contributed by atoms with Crippen LogP contribution in [0, 0.1) is 0 Å². The average Bonchev–Trinajstić information content (AvgIpc) is 2.45. The Morgan fingerprint density at radius 2 is 1.48 bits per heavy atom. The number of ether oxygens (including phenoxy) is 2. The molecule has 0 fully saturated rings. The Morgan fingerprint density at radius 1 is 0.952 bits per heavy atom. The van der Waals surface area contributed by atoms with Crippen molar-refractivity contribution in [1.29, 1.82) is 0 Å². The standard InChI is InChI=1S/C15H15Cl2NO3/c1-20-13-3-9(4-14(21-2)15(13)19)8-18-12-6-10(16)5-11(17)7-12/h3-7,18-19H,8H2,1-2H3. The van der Waals surface area contributed by atoms with Gasteiger partial charge in [-0.15, -0.1) is 0 Å². The topological polar surface area (TPSA) is 50.7 Å². The quantitative estimate of drug-likeness (QED) is 0.858. The smallest absolute Gasteiger partial charge is 0.200 e. The van der Waals surface area contributed by atoms with Crippen LogP contribution in [-0.2, 0) is 6.54 Å². The van der Waals surface area contributed by atoms with E-state index in [-0.39, 0.29) is 5.75 Å². The molecule has 21 heavy (non-hydrogen) atoms. The van der Waals surface area contributed by atoms with Crippen LogP contribution in [0.1, 0.15) is 5.56 Å². The zero-order chi connectivity index (χ0) is 15.4. The maximum atomic E-state index is 9.87. The van der Waals surface area contributed by atoms with Gasteiger partial charge in [0.1, 0.15) is 0 Å². The van der Waals surface area contributed by atoms with Crippen molar-refractivity contribution in [3.05, 3.63) is 45.9 Å². The summed E-state index contributed by atoms with van der Waals surface area (Å²) in [6.07, 6.45) is 0. The predicted octanol–water partition coefficient (Wildman–Crippen LogP) is 4.33. The van der Waals surface area contributed by atoms with Crippen LogP contribution in [0.25, 0.3) is 0 Å². The number of benzene rings is 2. The van der Waals surface area contributed by atoms with Gasteiger partial charge in [0, 0.05) is 22.3 Å². The lowest BCUT2D eigenvalue weighted by Crippen LogP contribution is -2.01. The largest absolute Gasteiger partial charge is 0.502 e. The van der Waals surface area contributed by atoms with Crippen LogP contribution in [0.5, 0.6) is 17.2 Å². The second-order valence-electron chi connectivity index (χ2n) is 4.36. The fourth-order valence-corrected chi connectivity index (χ4v) is 2.44. The molecule has 4 nitrogen and oxygen atoms in total. The van der Waals surface area contributed by atoms with Crippen molar-refractivity contribution in [2.45, 2.75) is 6.54 Å². The normalized spacial score (nSPS) is 10.3. The summed E-state index contributed by atoms with van der Waals surface area (Å²) in [6.45, 7) is 0.504. The lowest BCUT2D eigenvalue weighted by molar-refractivity contribution is 0.339. The lowest BCUT2D eigenvalue weighted by atomic mass is 10.1. The van der Waals surface area contributed by atoms with E-state index >= 15 is 0 Å². The molecule has 0 spiro atoms. The van der Waals surface area contributed by atoms with E-state index in [9.17, 15) is 5.11 Å². The Balaban J connectivity index is 2.19. The number of halogens is 2. The van der Waals surface area contributed by atoms with Crippen molar-refractivity contribution in [1.82, 2.24) is 0 Å². The van der Waals surface area contributed by atoms with Crippen LogP contribution in [0.15, 0.2) is 30.3 Å². The Hall–Kier alpha value is -1.78. The summed E-state index contributed by atoms with van der Waals surface area (Å²) in [7, 11) is 2.98. The summed E-state index contributed by atoms with van der Waals surface area (Å²) in [6, 6.07) is 8.69. The van der Waals surface area contributed by atoms with E-state index in [1.165, 1.54) is 14.2 Å². The first-order valence-corrected chi connectivity index (χ1v) is 6.93. The van der Waals surface area contributed by atoms with Crippen molar-refractivity contribution in [2.24, 2.45) is 0 Å². The summed E-state index contributed by atoms with van der Waals surface area (Å²) in [5.41, 5.74) is 1.69. The number of phenols is 1. The summed E-state index contributed by atoms with van der Waals surface area (Å²) in [5.74, 6) is 0.695. The predicted molar refractivity (Wildman–Crippen MR) is 85.0 cm³/mol. The highest BCUT2D eigenvalue weighted by Crippen LogP contribution is 2.37. The van der Waals surface area contributed by atoms with E-state index in [1.54, 1.807) is 30.3 Å². The summed E-state index contributed by atoms with van der Waals surface area (Å²) >= 11 is 11.9. The number of rotatable bonds is 5. The molecule has 0 radical (unpaired) electrons. The molecule has 0 aliphatic carbocycles. The Labute approximate surface area is 133 Å². The van der Waals surface area contributed by atoms with Crippen LogP contribution in [0.3, 0.4) is 0 Å². The molecule has 0 aliphatic rings. The summed E-state index contributed by atoms with van der Waals surface area (Å²) in [5, 5.41) is 14.2. The fraction of sp³-hybridized carbons (Fsp3) is 0.200. The number of nitrogens with one attached hydrogen (secondary N) is 1. The Morgan fingerprint density at radius 3 is 1.95 bits per heavy atom. The number of anilines is 1. The lowest BCUT2D eigenvalue weighted by Gasteiger charge is -2.12. The minimum absolute atomic E-state index is 0.0189. The van der Waals surface area contributed by atoms with Gasteiger partial charge in [-0.05, 0) is 35.9 Å². The third-order valence-electron chi connectivity index (χ3n) is 2.90. The first-order chi connectivity index (χ1) is 10.0. The molecule has 2 N–H and O–H groups in total. The number of methoxy groups -OCH3 is 2. The molecule has 0 unspecified atom stereocenters. The Kier molecular flexibility index (Phi) is 5.04. The highest BCUT2D eigenvalue weighted by Gasteiger charge is 2.11. The van der Waals surface area contributed by atoms with E-state index < -0.39 is 0 Å². The highest BCUT2D eigenvalue weighted by atomic mass is 35.5. The second kappa shape index (κ2) is 6.78. The molecule has 112 valence electrons. The molecule has 2 rings (SSSR count). The first kappa shape index (κ1) is 15.6. The molecular formula is C15H15Cl2NO3. The van der Waals surface area contributed by atoms with Gasteiger partial charge >= 0.3 is 0 Å². The van der Waals surface area contributed by atoms with Gasteiger partial charge in [0.05, 0.1) is 14.2 Å². The number of aromatic hydroxyl groups is 1. The molecule has 0 amide bonds. The molecule has 2 aromatic carbocycles. The van der Waals surface area contributed by atoms with Crippen molar-refractivity contribution in [3.8, 4) is 17.2 Å². The van der Waals surface area contributed by atoms with Crippen molar-refractivity contribution in [2.75, 3.05) is 19.5 Å². The van der Waals surface area contributed by atoms with Crippen molar-refractivity contribution in [3.63, 3.8) is 0 Å². The summed E-state index contributed by atoms with van der Waals surface area (Å²) in [4.78, 5) is 0. The monoisotopic (exact) mass is 327 g/mol. The molecule has 0 saturated carbocycles. The van der Waals surface area contributed by atoms with Gasteiger partial charge in [-0.25, -0.2) is 0 Å². The highest BCUT2D eigenvalue weighted by molar-refractivity contribution is 6.35. The maximum absolute atomic E-state index is 9.87. The molecule has 2 aromatic rings. The third kappa shape index (κ3) is 3.86. The second-order valence-corrected chi connectivity index (χ2v) is 5.23. The van der Waals surface area contributed by atoms with E-state index in [0.717, 1.165) is 11.3 Å². The van der Waals surface area contributed by atoms with E-state index in [2.05, 4.69) is 5.32 Å². The van der Waals surface area contributed by atoms with Gasteiger partial charge in [-0.3, -0.25) is 0 Å². The van der Waals surface area contributed by atoms with Gasteiger partial charge in [-0.2, -0.15) is 0 Å².